The van der Waals surface area contributed by atoms with Crippen LogP contribution in [0.15, 0.2) is 54.9 Å². The van der Waals surface area contributed by atoms with Gasteiger partial charge in [-0.3, -0.25) is 10.00 Å². The van der Waals surface area contributed by atoms with E-state index in [-0.39, 0.29) is 12.2 Å². The van der Waals surface area contributed by atoms with E-state index in [1.165, 1.54) is 16.3 Å². The summed E-state index contributed by atoms with van der Waals surface area (Å²) >= 11 is 0. The zero-order valence-corrected chi connectivity index (χ0v) is 16.2. The van der Waals surface area contributed by atoms with Gasteiger partial charge < -0.3 is 14.2 Å². The minimum absolute atomic E-state index is 0.113. The number of nitrogens with zero attached hydrogens (tertiary/aromatic N) is 2. The fraction of sp³-hybridized carbons (Fsp3) is 0.409. The Morgan fingerprint density at radius 3 is 2.86 bits per heavy atom. The molecule has 1 aliphatic heterocycles. The molecule has 1 fully saturated rings. The summed E-state index contributed by atoms with van der Waals surface area (Å²) in [6.07, 6.45) is 5.52. The molecule has 0 spiro atoms. The van der Waals surface area contributed by atoms with Crippen LogP contribution < -0.4 is 10.1 Å². The second kappa shape index (κ2) is 9.19. The van der Waals surface area contributed by atoms with Gasteiger partial charge in [-0.2, -0.15) is 5.10 Å². The largest absolute Gasteiger partial charge is 0.497 e. The van der Waals surface area contributed by atoms with Crippen molar-refractivity contribution in [3.63, 3.8) is 0 Å². The molecule has 0 bridgehead atoms. The number of hydrogen-bond donors (Lipinski definition) is 1. The van der Waals surface area contributed by atoms with Crippen LogP contribution >= 0.6 is 0 Å². The van der Waals surface area contributed by atoms with Crippen LogP contribution in [0.1, 0.15) is 24.3 Å². The van der Waals surface area contributed by atoms with Gasteiger partial charge in [0.25, 0.3) is 0 Å². The monoisotopic (exact) mass is 381 g/mol. The average molecular weight is 381 g/mol. The van der Waals surface area contributed by atoms with Gasteiger partial charge in [-0.05, 0) is 53.9 Å². The van der Waals surface area contributed by atoms with E-state index < -0.39 is 0 Å². The van der Waals surface area contributed by atoms with Gasteiger partial charge in [0.1, 0.15) is 5.75 Å². The van der Waals surface area contributed by atoms with Crippen molar-refractivity contribution in [3.8, 4) is 5.75 Å². The highest BCUT2D eigenvalue weighted by Gasteiger charge is 2.24. The van der Waals surface area contributed by atoms with E-state index >= 15 is 0 Å². The van der Waals surface area contributed by atoms with Gasteiger partial charge in [-0.15, -0.1) is 0 Å². The third-order valence-electron chi connectivity index (χ3n) is 5.15. The molecule has 0 atom stereocenters. The maximum Gasteiger partial charge on any atom is 0.157 e. The van der Waals surface area contributed by atoms with Crippen molar-refractivity contribution < 1.29 is 14.2 Å². The lowest BCUT2D eigenvalue weighted by molar-refractivity contribution is -0.189. The summed E-state index contributed by atoms with van der Waals surface area (Å²) in [6.45, 7) is 3.03. The Balaban J connectivity index is 1.25. The lowest BCUT2D eigenvalue weighted by atomic mass is 9.94. The van der Waals surface area contributed by atoms with Crippen molar-refractivity contribution in [3.05, 3.63) is 60.4 Å². The number of nitrogens with one attached hydrogen (secondary N) is 1. The van der Waals surface area contributed by atoms with E-state index in [2.05, 4.69) is 40.7 Å². The number of hydrogen-bond acceptors (Lipinski definition) is 5. The van der Waals surface area contributed by atoms with Crippen LogP contribution in [-0.4, -0.2) is 42.9 Å². The molecule has 2 aromatic carbocycles. The minimum Gasteiger partial charge on any atom is -0.497 e. The van der Waals surface area contributed by atoms with Crippen LogP contribution in [0.5, 0.6) is 5.75 Å². The van der Waals surface area contributed by atoms with E-state index in [4.69, 9.17) is 14.2 Å². The highest BCUT2D eigenvalue weighted by molar-refractivity contribution is 5.87. The van der Waals surface area contributed by atoms with Crippen LogP contribution in [0.2, 0.25) is 0 Å². The fourth-order valence-electron chi connectivity index (χ4n) is 3.64. The zero-order valence-electron chi connectivity index (χ0n) is 16.2. The summed E-state index contributed by atoms with van der Waals surface area (Å²) in [5.41, 5.74) is 1.28. The quantitative estimate of drug-likeness (QED) is 0.605. The van der Waals surface area contributed by atoms with Crippen LogP contribution in [-0.2, 0) is 16.1 Å². The third-order valence-corrected chi connectivity index (χ3v) is 5.15. The predicted molar refractivity (Wildman–Crippen MR) is 108 cm³/mol. The van der Waals surface area contributed by atoms with Gasteiger partial charge in [-0.25, -0.2) is 0 Å². The van der Waals surface area contributed by atoms with E-state index in [0.717, 1.165) is 31.8 Å². The van der Waals surface area contributed by atoms with Crippen LogP contribution in [0.25, 0.3) is 10.8 Å². The standard InChI is InChI=1S/C22H27N3O3/c1-26-19-8-9-21-17(13-19)5-2-6-20(21)18-14-27-22(28-15-18)7-3-10-23-16-25-12-4-11-24-25/h2,4-6,8-9,11-13,18,22-23H,3,7,10,14-16H2,1H3. The first kappa shape index (κ1) is 18.9. The highest BCUT2D eigenvalue weighted by atomic mass is 16.7. The van der Waals surface area contributed by atoms with E-state index in [1.54, 1.807) is 13.3 Å². The fourth-order valence-corrected chi connectivity index (χ4v) is 3.64. The lowest BCUT2D eigenvalue weighted by Gasteiger charge is -2.30. The second-order valence-electron chi connectivity index (χ2n) is 7.07. The predicted octanol–water partition coefficient (Wildman–Crippen LogP) is 3.53. The summed E-state index contributed by atoms with van der Waals surface area (Å²) in [7, 11) is 1.70. The molecule has 0 aliphatic carbocycles. The molecule has 2 heterocycles. The Labute approximate surface area is 165 Å². The first-order chi connectivity index (χ1) is 13.8. The maximum absolute atomic E-state index is 6.00. The molecule has 0 unspecified atom stereocenters. The molecule has 1 N–H and O–H groups in total. The van der Waals surface area contributed by atoms with Crippen LogP contribution in [0.4, 0.5) is 0 Å². The molecule has 1 aliphatic rings. The Morgan fingerprint density at radius 1 is 1.18 bits per heavy atom. The van der Waals surface area contributed by atoms with E-state index in [0.29, 0.717) is 13.2 Å². The molecule has 148 valence electrons. The third kappa shape index (κ3) is 4.52. The molecule has 0 amide bonds. The molecule has 28 heavy (non-hydrogen) atoms. The van der Waals surface area contributed by atoms with Crippen molar-refractivity contribution in [1.29, 1.82) is 0 Å². The molecule has 3 aromatic rings. The number of benzene rings is 2. The number of fused-ring (bicyclic) bond motifs is 1. The zero-order chi connectivity index (χ0) is 19.2. The van der Waals surface area contributed by atoms with Gasteiger partial charge in [0.2, 0.25) is 0 Å². The smallest absolute Gasteiger partial charge is 0.157 e. The SMILES string of the molecule is COc1ccc2c(C3COC(CCCNCn4cccn4)OC3)cccc2c1. The van der Waals surface area contributed by atoms with Gasteiger partial charge in [0.15, 0.2) is 6.29 Å². The Morgan fingerprint density at radius 2 is 2.07 bits per heavy atom. The second-order valence-corrected chi connectivity index (χ2v) is 7.07. The minimum atomic E-state index is -0.113. The molecule has 4 rings (SSSR count). The van der Waals surface area contributed by atoms with Gasteiger partial charge >= 0.3 is 0 Å². The summed E-state index contributed by atoms with van der Waals surface area (Å²) in [6, 6.07) is 14.5. The van der Waals surface area contributed by atoms with Crippen molar-refractivity contribution in [1.82, 2.24) is 15.1 Å². The molecule has 1 aromatic heterocycles. The Bertz CT molecular complexity index is 874. The normalized spacial score (nSPS) is 19.8. The van der Waals surface area contributed by atoms with Gasteiger partial charge in [0, 0.05) is 18.3 Å². The van der Waals surface area contributed by atoms with E-state index in [1.807, 2.05) is 23.0 Å². The van der Waals surface area contributed by atoms with Gasteiger partial charge in [-0.1, -0.05) is 24.3 Å². The topological polar surface area (TPSA) is 57.5 Å². The van der Waals surface area contributed by atoms with Crippen molar-refractivity contribution in [2.45, 2.75) is 31.7 Å². The molecular weight excluding hydrogens is 354 g/mol. The summed E-state index contributed by atoms with van der Waals surface area (Å²) in [5.74, 6) is 1.13. The lowest BCUT2D eigenvalue weighted by Crippen LogP contribution is -2.31. The molecule has 0 saturated carbocycles. The van der Waals surface area contributed by atoms with Gasteiger partial charge in [0.05, 0.1) is 27.0 Å². The number of ether oxygens (including phenoxy) is 3. The number of aromatic nitrogens is 2. The maximum atomic E-state index is 6.00. The first-order valence-corrected chi connectivity index (χ1v) is 9.81. The summed E-state index contributed by atoms with van der Waals surface area (Å²) in [5, 5.41) is 9.96. The van der Waals surface area contributed by atoms with E-state index in [9.17, 15) is 0 Å². The molecular formula is C22H27N3O3. The summed E-state index contributed by atoms with van der Waals surface area (Å²) < 4.78 is 19.2. The van der Waals surface area contributed by atoms with Crippen molar-refractivity contribution >= 4 is 10.8 Å². The number of methoxy groups -OCH3 is 1. The molecule has 1 saturated heterocycles. The van der Waals surface area contributed by atoms with Crippen LogP contribution in [0.3, 0.4) is 0 Å². The number of rotatable bonds is 8. The van der Waals surface area contributed by atoms with Crippen molar-refractivity contribution in [2.24, 2.45) is 0 Å². The molecule has 0 radical (unpaired) electrons. The average Bonchev–Trinajstić information content (AvgIpc) is 3.27. The Hall–Kier alpha value is -2.41. The highest BCUT2D eigenvalue weighted by Crippen LogP contribution is 2.31. The first-order valence-electron chi connectivity index (χ1n) is 9.81. The Kier molecular flexibility index (Phi) is 6.21. The summed E-state index contributed by atoms with van der Waals surface area (Å²) in [4.78, 5) is 0. The molecule has 6 nitrogen and oxygen atoms in total. The molecule has 6 heteroatoms. The van der Waals surface area contributed by atoms with Crippen LogP contribution in [0, 0.1) is 0 Å². The van der Waals surface area contributed by atoms with Crippen molar-refractivity contribution in [2.75, 3.05) is 26.9 Å².